The second-order valence-electron chi connectivity index (χ2n) is 5.63. The van der Waals surface area contributed by atoms with Crippen molar-refractivity contribution in [3.05, 3.63) is 74.2 Å². The highest BCUT2D eigenvalue weighted by Crippen LogP contribution is 2.10. The fourth-order valence-corrected chi connectivity index (χ4v) is 2.68. The van der Waals surface area contributed by atoms with Gasteiger partial charge < -0.3 is 9.40 Å². The van der Waals surface area contributed by atoms with Crippen LogP contribution in [0.1, 0.15) is 11.5 Å². The molecule has 1 N–H and O–H groups in total. The summed E-state index contributed by atoms with van der Waals surface area (Å²) in [6.07, 6.45) is 3.50. The topological polar surface area (TPSA) is 112 Å². The van der Waals surface area contributed by atoms with E-state index in [4.69, 9.17) is 16.0 Å². The molecular weight excluding hydrogens is 360 g/mol. The number of aromatic nitrogens is 6. The minimum absolute atomic E-state index is 0.0508. The molecule has 3 heterocycles. The van der Waals surface area contributed by atoms with Crippen LogP contribution in [0.3, 0.4) is 0 Å². The molecule has 0 saturated heterocycles. The van der Waals surface area contributed by atoms with Crippen molar-refractivity contribution in [1.82, 2.24) is 29.5 Å². The number of imidazole rings is 1. The third-order valence-corrected chi connectivity index (χ3v) is 4.14. The van der Waals surface area contributed by atoms with Gasteiger partial charge in [0.15, 0.2) is 5.52 Å². The van der Waals surface area contributed by atoms with Gasteiger partial charge in [0.05, 0.1) is 24.6 Å². The molecule has 0 atom stereocenters. The van der Waals surface area contributed by atoms with Crippen molar-refractivity contribution in [1.29, 1.82) is 0 Å². The zero-order valence-electron chi connectivity index (χ0n) is 13.4. The molecular formula is C16H13ClN6O3. The van der Waals surface area contributed by atoms with E-state index in [1.807, 2.05) is 12.1 Å². The Morgan fingerprint density at radius 3 is 2.77 bits per heavy atom. The van der Waals surface area contributed by atoms with Crippen LogP contribution in [-0.4, -0.2) is 29.5 Å². The summed E-state index contributed by atoms with van der Waals surface area (Å²) in [5.41, 5.74) is 1.44. The van der Waals surface area contributed by atoms with Gasteiger partial charge in [-0.2, -0.15) is 9.78 Å². The van der Waals surface area contributed by atoms with Gasteiger partial charge >= 0.3 is 5.76 Å². The van der Waals surface area contributed by atoms with Crippen molar-refractivity contribution in [3.63, 3.8) is 0 Å². The van der Waals surface area contributed by atoms with E-state index in [1.54, 1.807) is 12.1 Å². The van der Waals surface area contributed by atoms with Crippen molar-refractivity contribution in [2.45, 2.75) is 19.5 Å². The maximum absolute atomic E-state index is 12.3. The van der Waals surface area contributed by atoms with Crippen LogP contribution in [0.5, 0.6) is 0 Å². The number of aryl methyl sites for hydroxylation is 2. The van der Waals surface area contributed by atoms with Crippen molar-refractivity contribution in [2.24, 2.45) is 0 Å². The SMILES string of the molecule is O=c1oc(Cn2ncc3[nH]cnc3c2=O)nn1CCc1ccc(Cl)cc1. The monoisotopic (exact) mass is 372 g/mol. The van der Waals surface area contributed by atoms with E-state index in [9.17, 15) is 9.59 Å². The fourth-order valence-electron chi connectivity index (χ4n) is 2.56. The molecule has 4 rings (SSSR count). The average Bonchev–Trinajstić information content (AvgIpc) is 3.24. The van der Waals surface area contributed by atoms with Gasteiger partial charge in [-0.1, -0.05) is 23.7 Å². The van der Waals surface area contributed by atoms with Gasteiger partial charge in [0, 0.05) is 5.02 Å². The number of nitrogens with zero attached hydrogens (tertiary/aromatic N) is 5. The molecule has 26 heavy (non-hydrogen) atoms. The predicted octanol–water partition coefficient (Wildman–Crippen LogP) is 1.21. The Morgan fingerprint density at radius 2 is 1.96 bits per heavy atom. The quantitative estimate of drug-likeness (QED) is 0.563. The van der Waals surface area contributed by atoms with Crippen LogP contribution in [0.4, 0.5) is 0 Å². The molecule has 0 radical (unpaired) electrons. The second kappa shape index (κ2) is 6.60. The van der Waals surface area contributed by atoms with Gasteiger partial charge in [-0.25, -0.2) is 14.5 Å². The van der Waals surface area contributed by atoms with E-state index in [0.717, 1.165) is 10.2 Å². The molecule has 3 aromatic heterocycles. The average molecular weight is 373 g/mol. The minimum Gasteiger partial charge on any atom is -0.390 e. The van der Waals surface area contributed by atoms with Crippen molar-refractivity contribution in [3.8, 4) is 0 Å². The summed E-state index contributed by atoms with van der Waals surface area (Å²) in [6.45, 7) is 0.301. The summed E-state index contributed by atoms with van der Waals surface area (Å²) in [7, 11) is 0. The molecule has 0 aliphatic heterocycles. The molecule has 132 valence electrons. The maximum atomic E-state index is 12.3. The number of fused-ring (bicyclic) bond motifs is 1. The lowest BCUT2D eigenvalue weighted by Gasteiger charge is -2.01. The molecule has 0 aliphatic rings. The number of nitrogens with one attached hydrogen (secondary N) is 1. The lowest BCUT2D eigenvalue weighted by atomic mass is 10.1. The summed E-state index contributed by atoms with van der Waals surface area (Å²) in [5.74, 6) is -0.474. The molecule has 0 aliphatic carbocycles. The number of hydrogen-bond donors (Lipinski definition) is 1. The molecule has 0 fully saturated rings. The van der Waals surface area contributed by atoms with E-state index in [-0.39, 0.29) is 23.5 Å². The number of rotatable bonds is 5. The van der Waals surface area contributed by atoms with E-state index >= 15 is 0 Å². The maximum Gasteiger partial charge on any atom is 0.437 e. The summed E-state index contributed by atoms with van der Waals surface area (Å²) < 4.78 is 7.50. The highest BCUT2D eigenvalue weighted by Gasteiger charge is 2.12. The lowest BCUT2D eigenvalue weighted by Crippen LogP contribution is -2.23. The van der Waals surface area contributed by atoms with Crippen LogP contribution in [0.15, 0.2) is 50.8 Å². The predicted molar refractivity (Wildman–Crippen MR) is 93.2 cm³/mol. The first-order chi connectivity index (χ1) is 12.6. The van der Waals surface area contributed by atoms with E-state index in [1.165, 1.54) is 17.2 Å². The summed E-state index contributed by atoms with van der Waals surface area (Å²) in [5, 5.41) is 8.81. The Labute approximate surface area is 150 Å². The first-order valence-corrected chi connectivity index (χ1v) is 8.18. The Kier molecular flexibility index (Phi) is 4.13. The Balaban J connectivity index is 1.52. The molecule has 9 nitrogen and oxygen atoms in total. The number of hydrogen-bond acceptors (Lipinski definition) is 6. The third kappa shape index (κ3) is 3.16. The van der Waals surface area contributed by atoms with Crippen molar-refractivity contribution < 1.29 is 4.42 Å². The number of aromatic amines is 1. The summed E-state index contributed by atoms with van der Waals surface area (Å²) in [4.78, 5) is 31.0. The standard InChI is InChI=1S/C16H13ClN6O3/c17-11-3-1-10(2-4-11)5-6-22-16(25)26-13(21-22)8-23-15(24)14-12(7-20-23)18-9-19-14/h1-4,7,9H,5-6,8H2,(H,18,19). The normalized spacial score (nSPS) is 11.3. The van der Waals surface area contributed by atoms with Gasteiger partial charge in [-0.15, -0.1) is 5.10 Å². The summed E-state index contributed by atoms with van der Waals surface area (Å²) in [6, 6.07) is 7.35. The third-order valence-electron chi connectivity index (χ3n) is 3.89. The van der Waals surface area contributed by atoms with E-state index < -0.39 is 5.76 Å². The van der Waals surface area contributed by atoms with Gasteiger partial charge in [-0.05, 0) is 24.1 Å². The molecule has 0 saturated carbocycles. The van der Waals surface area contributed by atoms with Gasteiger partial charge in [0.25, 0.3) is 5.56 Å². The Bertz CT molecular complexity index is 1170. The first kappa shape index (κ1) is 16.3. The second-order valence-corrected chi connectivity index (χ2v) is 6.07. The molecule has 0 amide bonds. The van der Waals surface area contributed by atoms with Crippen molar-refractivity contribution in [2.75, 3.05) is 0 Å². The van der Waals surface area contributed by atoms with Gasteiger partial charge in [0.1, 0.15) is 6.54 Å². The van der Waals surface area contributed by atoms with E-state index in [2.05, 4.69) is 20.2 Å². The van der Waals surface area contributed by atoms with Gasteiger partial charge in [0.2, 0.25) is 5.89 Å². The molecule has 0 bridgehead atoms. The van der Waals surface area contributed by atoms with Crippen LogP contribution < -0.4 is 11.3 Å². The van der Waals surface area contributed by atoms with Crippen LogP contribution >= 0.6 is 11.6 Å². The van der Waals surface area contributed by atoms with Gasteiger partial charge in [-0.3, -0.25) is 4.79 Å². The van der Waals surface area contributed by atoms with Crippen LogP contribution in [0.2, 0.25) is 5.02 Å². The molecule has 4 aromatic rings. The molecule has 0 unspecified atom stereocenters. The summed E-state index contributed by atoms with van der Waals surface area (Å²) >= 11 is 5.85. The molecule has 0 spiro atoms. The minimum atomic E-state index is -0.581. The van der Waals surface area contributed by atoms with Crippen LogP contribution in [0.25, 0.3) is 11.0 Å². The molecule has 10 heteroatoms. The van der Waals surface area contributed by atoms with Crippen molar-refractivity contribution >= 4 is 22.6 Å². The number of H-pyrrole nitrogens is 1. The first-order valence-electron chi connectivity index (χ1n) is 7.80. The Hall–Kier alpha value is -3.20. The zero-order chi connectivity index (χ0) is 18.1. The number of benzene rings is 1. The lowest BCUT2D eigenvalue weighted by molar-refractivity contribution is 0.425. The highest BCUT2D eigenvalue weighted by molar-refractivity contribution is 6.30. The van der Waals surface area contributed by atoms with E-state index in [0.29, 0.717) is 23.5 Å². The zero-order valence-corrected chi connectivity index (χ0v) is 14.2. The number of halogens is 1. The largest absolute Gasteiger partial charge is 0.437 e. The molecule has 1 aromatic carbocycles. The van der Waals surface area contributed by atoms with Crippen LogP contribution in [-0.2, 0) is 19.5 Å². The fraction of sp³-hybridized carbons (Fsp3) is 0.188. The highest BCUT2D eigenvalue weighted by atomic mass is 35.5. The van der Waals surface area contributed by atoms with Crippen LogP contribution in [0, 0.1) is 0 Å². The Morgan fingerprint density at radius 1 is 1.15 bits per heavy atom. The smallest absolute Gasteiger partial charge is 0.390 e.